The van der Waals surface area contributed by atoms with Gasteiger partial charge in [-0.25, -0.2) is 4.39 Å². The number of halogens is 1. The number of thiol groups is 1. The number of hydrogen-bond donors (Lipinski definition) is 4. The van der Waals surface area contributed by atoms with Crippen molar-refractivity contribution in [2.24, 2.45) is 5.41 Å². The number of nitriles is 1. The highest BCUT2D eigenvalue weighted by atomic mass is 32.1. The van der Waals surface area contributed by atoms with Crippen LogP contribution in [-0.2, 0) is 6.42 Å². The van der Waals surface area contributed by atoms with Crippen molar-refractivity contribution >= 4 is 24.7 Å². The highest BCUT2D eigenvalue weighted by Crippen LogP contribution is 2.44. The summed E-state index contributed by atoms with van der Waals surface area (Å²) in [5.41, 5.74) is 5.65. The lowest BCUT2D eigenvalue weighted by Crippen LogP contribution is -2.28. The van der Waals surface area contributed by atoms with Crippen LogP contribution in [0.5, 0.6) is 0 Å². The molecule has 0 heterocycles. The maximum Gasteiger partial charge on any atom is 0.123 e. The summed E-state index contributed by atoms with van der Waals surface area (Å²) in [6, 6.07) is 16.1. The average Bonchev–Trinajstić information content (AvgIpc) is 2.79. The zero-order valence-electron chi connectivity index (χ0n) is 17.6. The molecule has 31 heavy (non-hydrogen) atoms. The molecule has 1 unspecified atom stereocenters. The fourth-order valence-corrected chi connectivity index (χ4v) is 4.10. The van der Waals surface area contributed by atoms with E-state index in [0.29, 0.717) is 5.56 Å². The van der Waals surface area contributed by atoms with E-state index >= 15 is 0 Å². The molecular weight excluding hydrogens is 407 g/mol. The van der Waals surface area contributed by atoms with E-state index < -0.39 is 0 Å². The first-order chi connectivity index (χ1) is 15.0. The van der Waals surface area contributed by atoms with Crippen LogP contribution in [0.15, 0.2) is 71.5 Å². The molecule has 2 aromatic rings. The lowest BCUT2D eigenvalue weighted by atomic mass is 9.68. The first kappa shape index (κ1) is 22.8. The maximum atomic E-state index is 13.3. The quantitative estimate of drug-likeness (QED) is 0.297. The number of nitrogens with one attached hydrogen (secondary N) is 3. The summed E-state index contributed by atoms with van der Waals surface area (Å²) in [6.45, 7) is 2.99. The zero-order chi connectivity index (χ0) is 22.3. The van der Waals surface area contributed by atoms with Gasteiger partial charge in [0.05, 0.1) is 11.6 Å². The average molecular weight is 435 g/mol. The Morgan fingerprint density at radius 3 is 2.48 bits per heavy atom. The van der Waals surface area contributed by atoms with Gasteiger partial charge in [0.2, 0.25) is 0 Å². The van der Waals surface area contributed by atoms with Crippen LogP contribution < -0.4 is 10.0 Å². The summed E-state index contributed by atoms with van der Waals surface area (Å²) >= 11 is 4.15. The predicted molar refractivity (Wildman–Crippen MR) is 128 cm³/mol. The van der Waals surface area contributed by atoms with Crippen molar-refractivity contribution in [3.8, 4) is 6.07 Å². The highest BCUT2D eigenvalue weighted by molar-refractivity contribution is 7.78. The first-order valence-electron chi connectivity index (χ1n) is 10.3. The molecular formula is C25H27FN4S. The Morgan fingerprint density at radius 2 is 1.87 bits per heavy atom. The molecule has 6 heteroatoms. The molecule has 0 saturated carbocycles. The Labute approximate surface area is 188 Å². The molecule has 1 atom stereocenters. The lowest BCUT2D eigenvalue weighted by molar-refractivity contribution is 0.348. The molecule has 3 rings (SSSR count). The summed E-state index contributed by atoms with van der Waals surface area (Å²) in [7, 11) is 0. The summed E-state index contributed by atoms with van der Waals surface area (Å²) in [6.07, 6.45) is 6.95. The maximum absolute atomic E-state index is 13.3. The van der Waals surface area contributed by atoms with Crippen LogP contribution >= 0.6 is 12.8 Å². The van der Waals surface area contributed by atoms with Crippen molar-refractivity contribution in [2.45, 2.75) is 32.6 Å². The molecule has 3 N–H and O–H groups in total. The highest BCUT2D eigenvalue weighted by Gasteiger charge is 2.33. The molecule has 0 aliphatic heterocycles. The van der Waals surface area contributed by atoms with E-state index in [-0.39, 0.29) is 11.2 Å². The van der Waals surface area contributed by atoms with Gasteiger partial charge in [0.15, 0.2) is 0 Å². The molecule has 4 nitrogen and oxygen atoms in total. The number of anilines is 1. The van der Waals surface area contributed by atoms with Crippen LogP contribution in [-0.4, -0.2) is 12.8 Å². The van der Waals surface area contributed by atoms with Gasteiger partial charge in [-0.15, -0.1) is 0 Å². The Morgan fingerprint density at radius 1 is 1.16 bits per heavy atom. The summed E-state index contributed by atoms with van der Waals surface area (Å²) < 4.78 is 16.2. The Hall–Kier alpha value is -2.88. The van der Waals surface area contributed by atoms with Gasteiger partial charge in [0, 0.05) is 24.1 Å². The largest absolute Gasteiger partial charge is 0.355 e. The Bertz CT molecular complexity index is 1020. The van der Waals surface area contributed by atoms with Crippen molar-refractivity contribution < 1.29 is 4.39 Å². The van der Waals surface area contributed by atoms with Gasteiger partial charge in [-0.1, -0.05) is 37.4 Å². The number of allylic oxidation sites excluding steroid dienone is 2. The van der Waals surface area contributed by atoms with Crippen LogP contribution in [0.1, 0.15) is 37.3 Å². The Kier molecular flexibility index (Phi) is 7.67. The van der Waals surface area contributed by atoms with Crippen LogP contribution in [0, 0.1) is 28.0 Å². The van der Waals surface area contributed by atoms with E-state index in [2.05, 4.69) is 41.9 Å². The molecule has 1 aliphatic rings. The molecule has 2 aromatic carbocycles. The molecule has 0 aromatic heterocycles. The topological polar surface area (TPSA) is 71.7 Å². The molecule has 0 spiro atoms. The number of hydrogen-bond acceptors (Lipinski definition) is 5. The van der Waals surface area contributed by atoms with Gasteiger partial charge in [-0.2, -0.15) is 5.26 Å². The fraction of sp³-hybridized carbons (Fsp3) is 0.280. The van der Waals surface area contributed by atoms with E-state index in [4.69, 9.17) is 10.7 Å². The van der Waals surface area contributed by atoms with Crippen molar-refractivity contribution in [3.63, 3.8) is 0 Å². The van der Waals surface area contributed by atoms with Gasteiger partial charge in [0.25, 0.3) is 0 Å². The van der Waals surface area contributed by atoms with E-state index in [1.54, 1.807) is 12.1 Å². The van der Waals surface area contributed by atoms with E-state index in [1.165, 1.54) is 29.5 Å². The molecule has 1 aliphatic carbocycles. The van der Waals surface area contributed by atoms with E-state index in [1.807, 2.05) is 24.3 Å². The van der Waals surface area contributed by atoms with Gasteiger partial charge < -0.3 is 10.7 Å². The lowest BCUT2D eigenvalue weighted by Gasteiger charge is -2.37. The minimum atomic E-state index is -0.276. The number of aryl methyl sites for hydroxylation is 1. The standard InChI is InChI=1S/C25H27FN4S/c1-25(12-10-18-2-4-19(16-27)5-3-18)15-20(17-28)24(14-21(25)11-13-29-31)30-23-8-6-22(26)7-9-23/h2-9,14,17,28-31H,10-13,15H2,1H3. The third-order valence-electron chi connectivity index (χ3n) is 5.87. The second kappa shape index (κ2) is 10.4. The number of benzene rings is 2. The molecule has 0 fully saturated rings. The minimum absolute atomic E-state index is 0.0978. The number of nitrogens with zero attached hydrogens (tertiary/aromatic N) is 1. The summed E-state index contributed by atoms with van der Waals surface area (Å²) in [5, 5.41) is 20.3. The third kappa shape index (κ3) is 5.84. The first-order valence-corrected chi connectivity index (χ1v) is 10.8. The van der Waals surface area contributed by atoms with Crippen molar-refractivity contribution in [1.82, 2.24) is 4.72 Å². The van der Waals surface area contributed by atoms with Crippen molar-refractivity contribution in [3.05, 3.63) is 88.4 Å². The van der Waals surface area contributed by atoms with Crippen LogP contribution in [0.3, 0.4) is 0 Å². The number of rotatable bonds is 9. The smallest absolute Gasteiger partial charge is 0.123 e. The SMILES string of the molecule is CC1(CCc2ccc(C#N)cc2)CC(C=N)=C(Nc2ccc(F)cc2)C=C1CCNS. The summed E-state index contributed by atoms with van der Waals surface area (Å²) in [4.78, 5) is 0. The predicted octanol–water partition coefficient (Wildman–Crippen LogP) is 5.81. The fourth-order valence-electron chi connectivity index (χ4n) is 3.98. The van der Waals surface area contributed by atoms with Crippen molar-refractivity contribution in [1.29, 1.82) is 10.7 Å². The normalized spacial score (nSPS) is 18.3. The molecule has 0 saturated heterocycles. The minimum Gasteiger partial charge on any atom is -0.355 e. The van der Waals surface area contributed by atoms with Crippen LogP contribution in [0.25, 0.3) is 0 Å². The van der Waals surface area contributed by atoms with Gasteiger partial charge >= 0.3 is 0 Å². The molecule has 0 bridgehead atoms. The second-order valence-electron chi connectivity index (χ2n) is 8.09. The van der Waals surface area contributed by atoms with Crippen LogP contribution in [0.2, 0.25) is 0 Å². The zero-order valence-corrected chi connectivity index (χ0v) is 18.5. The van der Waals surface area contributed by atoms with Gasteiger partial charge in [-0.3, -0.25) is 4.72 Å². The van der Waals surface area contributed by atoms with E-state index in [9.17, 15) is 4.39 Å². The molecule has 0 radical (unpaired) electrons. The van der Waals surface area contributed by atoms with Crippen LogP contribution in [0.4, 0.5) is 10.1 Å². The van der Waals surface area contributed by atoms with Crippen molar-refractivity contribution in [2.75, 3.05) is 11.9 Å². The monoisotopic (exact) mass is 434 g/mol. The molecule has 160 valence electrons. The summed E-state index contributed by atoms with van der Waals surface area (Å²) in [5.74, 6) is -0.276. The van der Waals surface area contributed by atoms with E-state index in [0.717, 1.165) is 49.2 Å². The third-order valence-corrected chi connectivity index (χ3v) is 6.10. The molecule has 0 amide bonds. The van der Waals surface area contributed by atoms with Gasteiger partial charge in [0.1, 0.15) is 5.82 Å². The Balaban J connectivity index is 1.83. The second-order valence-corrected chi connectivity index (χ2v) is 8.41. The van der Waals surface area contributed by atoms with Gasteiger partial charge in [-0.05, 0) is 84.7 Å².